The van der Waals surface area contributed by atoms with Crippen LogP contribution >= 0.6 is 15.9 Å². The first-order valence-electron chi connectivity index (χ1n) is 9.86. The Morgan fingerprint density at radius 1 is 1.11 bits per heavy atom. The normalized spacial score (nSPS) is 16.9. The Kier molecular flexibility index (Phi) is 7.29. The third-order valence-electron chi connectivity index (χ3n) is 4.85. The van der Waals surface area contributed by atoms with Gasteiger partial charge in [-0.15, -0.1) is 0 Å². The highest BCUT2D eigenvalue weighted by atomic mass is 79.9. The van der Waals surface area contributed by atoms with Crippen molar-refractivity contribution in [3.63, 3.8) is 0 Å². The molecule has 0 bridgehead atoms. The van der Waals surface area contributed by atoms with Gasteiger partial charge in [0.05, 0.1) is 18.2 Å². The van der Waals surface area contributed by atoms with Crippen molar-refractivity contribution in [1.82, 2.24) is 10.4 Å². The zero-order valence-corrected chi connectivity index (χ0v) is 18.0. The van der Waals surface area contributed by atoms with Crippen LogP contribution in [0.5, 0.6) is 0 Å². The summed E-state index contributed by atoms with van der Waals surface area (Å²) >= 11 is 3.48. The summed E-state index contributed by atoms with van der Waals surface area (Å²) in [5.41, 5.74) is 7.41. The topological polar surface area (TPSA) is 41.6 Å². The highest BCUT2D eigenvalue weighted by Crippen LogP contribution is 2.36. The van der Waals surface area contributed by atoms with E-state index in [1.54, 1.807) is 0 Å². The maximum atomic E-state index is 12.9. The van der Waals surface area contributed by atoms with Gasteiger partial charge in [0.15, 0.2) is 0 Å². The Morgan fingerprint density at radius 2 is 1.82 bits per heavy atom. The van der Waals surface area contributed by atoms with Crippen LogP contribution in [0.4, 0.5) is 0 Å². The monoisotopic (exact) mass is 442 g/mol. The number of halogens is 1. The summed E-state index contributed by atoms with van der Waals surface area (Å²) in [4.78, 5) is 12.9. The molecular formula is C23H27BrN2O2. The molecule has 2 aromatic carbocycles. The summed E-state index contributed by atoms with van der Waals surface area (Å²) in [6.07, 6.45) is 2.81. The smallest absolute Gasteiger partial charge is 0.337 e. The molecule has 1 aliphatic heterocycles. The summed E-state index contributed by atoms with van der Waals surface area (Å²) in [5, 5.41) is 2.18. The van der Waals surface area contributed by atoms with Gasteiger partial charge in [0.2, 0.25) is 0 Å². The van der Waals surface area contributed by atoms with Crippen LogP contribution in [0, 0.1) is 0 Å². The lowest BCUT2D eigenvalue weighted by molar-refractivity contribution is -0.139. The van der Waals surface area contributed by atoms with E-state index in [1.807, 2.05) is 37.3 Å². The molecule has 4 nitrogen and oxygen atoms in total. The number of hydrogen-bond acceptors (Lipinski definition) is 4. The van der Waals surface area contributed by atoms with Crippen molar-refractivity contribution in [3.05, 3.63) is 81.5 Å². The lowest BCUT2D eigenvalue weighted by atomic mass is 9.96. The molecule has 1 aliphatic rings. The molecule has 0 aliphatic carbocycles. The van der Waals surface area contributed by atoms with Gasteiger partial charge < -0.3 is 10.2 Å². The SMILES string of the molecule is CCCCN1NC(Cc2ccc(Br)cc2)=C(C(=O)OCC)C1c1ccccc1. The number of hydrazine groups is 1. The van der Waals surface area contributed by atoms with Crippen molar-refractivity contribution >= 4 is 21.9 Å². The summed E-state index contributed by atoms with van der Waals surface area (Å²) in [7, 11) is 0. The minimum atomic E-state index is -0.241. The molecule has 3 rings (SSSR count). The van der Waals surface area contributed by atoms with Gasteiger partial charge in [-0.05, 0) is 36.6 Å². The second-order valence-electron chi connectivity index (χ2n) is 6.89. The van der Waals surface area contributed by atoms with Gasteiger partial charge in [0.1, 0.15) is 0 Å². The van der Waals surface area contributed by atoms with Crippen LogP contribution < -0.4 is 5.43 Å². The van der Waals surface area contributed by atoms with Crippen molar-refractivity contribution in [2.75, 3.05) is 13.2 Å². The van der Waals surface area contributed by atoms with E-state index in [0.717, 1.165) is 40.7 Å². The van der Waals surface area contributed by atoms with Crippen molar-refractivity contribution in [1.29, 1.82) is 0 Å². The van der Waals surface area contributed by atoms with E-state index in [1.165, 1.54) is 0 Å². The number of unbranched alkanes of at least 4 members (excludes halogenated alkanes) is 1. The zero-order valence-electron chi connectivity index (χ0n) is 16.5. The van der Waals surface area contributed by atoms with E-state index >= 15 is 0 Å². The van der Waals surface area contributed by atoms with Crippen LogP contribution in [-0.4, -0.2) is 24.1 Å². The zero-order chi connectivity index (χ0) is 19.9. The van der Waals surface area contributed by atoms with E-state index in [4.69, 9.17) is 4.74 Å². The number of ether oxygens (including phenoxy) is 1. The fourth-order valence-electron chi connectivity index (χ4n) is 3.50. The molecule has 1 atom stereocenters. The summed E-state index contributed by atoms with van der Waals surface area (Å²) < 4.78 is 6.49. The van der Waals surface area contributed by atoms with Crippen molar-refractivity contribution in [2.45, 2.75) is 39.2 Å². The van der Waals surface area contributed by atoms with Crippen LogP contribution in [0.15, 0.2) is 70.3 Å². The van der Waals surface area contributed by atoms with Gasteiger partial charge >= 0.3 is 5.97 Å². The van der Waals surface area contributed by atoms with Gasteiger partial charge in [-0.25, -0.2) is 9.80 Å². The van der Waals surface area contributed by atoms with Crippen LogP contribution in [0.1, 0.15) is 43.9 Å². The van der Waals surface area contributed by atoms with Crippen LogP contribution in [0.25, 0.3) is 0 Å². The fourth-order valence-corrected chi connectivity index (χ4v) is 3.76. The molecule has 2 aromatic rings. The van der Waals surface area contributed by atoms with Crippen LogP contribution in [0.3, 0.4) is 0 Å². The molecule has 1 heterocycles. The molecule has 0 fully saturated rings. The third kappa shape index (κ3) is 4.83. The molecule has 0 amide bonds. The summed E-state index contributed by atoms with van der Waals surface area (Å²) in [6.45, 7) is 5.25. The molecule has 0 radical (unpaired) electrons. The van der Waals surface area contributed by atoms with Crippen LogP contribution in [-0.2, 0) is 16.0 Å². The first-order chi connectivity index (χ1) is 13.6. The van der Waals surface area contributed by atoms with Crippen LogP contribution in [0.2, 0.25) is 0 Å². The Balaban J connectivity index is 2.00. The highest BCUT2D eigenvalue weighted by molar-refractivity contribution is 9.10. The molecule has 0 saturated carbocycles. The van der Waals surface area contributed by atoms with Crippen molar-refractivity contribution in [2.24, 2.45) is 0 Å². The molecule has 0 saturated heterocycles. The Bertz CT molecular complexity index is 818. The van der Waals surface area contributed by atoms with E-state index in [-0.39, 0.29) is 12.0 Å². The minimum absolute atomic E-state index is 0.141. The predicted octanol–water partition coefficient (Wildman–Crippen LogP) is 5.17. The number of carbonyl (C=O) groups is 1. The van der Waals surface area contributed by atoms with E-state index < -0.39 is 0 Å². The quantitative estimate of drug-likeness (QED) is 0.572. The number of rotatable bonds is 8. The number of carbonyl (C=O) groups excluding carboxylic acids is 1. The standard InChI is InChI=1S/C23H27BrN2O2/c1-3-5-15-26-22(18-9-7-6-8-10-18)21(23(27)28-4-2)20(25-26)16-17-11-13-19(24)14-12-17/h6-14,22,25H,3-5,15-16H2,1-2H3. The predicted molar refractivity (Wildman–Crippen MR) is 115 cm³/mol. The number of esters is 1. The number of nitrogens with one attached hydrogen (secondary N) is 1. The Labute approximate surface area is 175 Å². The number of benzene rings is 2. The Morgan fingerprint density at radius 3 is 2.46 bits per heavy atom. The molecule has 148 valence electrons. The average Bonchev–Trinajstić information content (AvgIpc) is 3.07. The molecule has 28 heavy (non-hydrogen) atoms. The lowest BCUT2D eigenvalue weighted by Crippen LogP contribution is -2.36. The second-order valence-corrected chi connectivity index (χ2v) is 7.80. The van der Waals surface area contributed by atoms with Gasteiger partial charge in [-0.1, -0.05) is 71.7 Å². The van der Waals surface area contributed by atoms with E-state index in [9.17, 15) is 4.79 Å². The fraction of sp³-hybridized carbons (Fsp3) is 0.348. The largest absolute Gasteiger partial charge is 0.463 e. The molecule has 1 unspecified atom stereocenters. The molecule has 1 N–H and O–H groups in total. The minimum Gasteiger partial charge on any atom is -0.463 e. The first-order valence-corrected chi connectivity index (χ1v) is 10.7. The first kappa shape index (κ1) is 20.6. The maximum Gasteiger partial charge on any atom is 0.337 e. The van der Waals surface area contributed by atoms with E-state index in [0.29, 0.717) is 18.6 Å². The third-order valence-corrected chi connectivity index (χ3v) is 5.37. The molecule has 0 spiro atoms. The number of allylic oxidation sites excluding steroid dienone is 1. The highest BCUT2D eigenvalue weighted by Gasteiger charge is 2.38. The van der Waals surface area contributed by atoms with Crippen molar-refractivity contribution < 1.29 is 9.53 Å². The summed E-state index contributed by atoms with van der Waals surface area (Å²) in [5.74, 6) is -0.241. The van der Waals surface area contributed by atoms with E-state index in [2.05, 4.69) is 57.6 Å². The molecule has 0 aromatic heterocycles. The van der Waals surface area contributed by atoms with Gasteiger partial charge in [-0.3, -0.25) is 0 Å². The number of hydrogen-bond donors (Lipinski definition) is 1. The average molecular weight is 443 g/mol. The summed E-state index contributed by atoms with van der Waals surface area (Å²) in [6, 6.07) is 18.3. The van der Waals surface area contributed by atoms with Crippen molar-refractivity contribution in [3.8, 4) is 0 Å². The maximum absolute atomic E-state index is 12.9. The van der Waals surface area contributed by atoms with Gasteiger partial charge in [-0.2, -0.15) is 0 Å². The number of nitrogens with zero attached hydrogens (tertiary/aromatic N) is 1. The second kappa shape index (κ2) is 9.89. The van der Waals surface area contributed by atoms with Gasteiger partial charge in [0.25, 0.3) is 0 Å². The lowest BCUT2D eigenvalue weighted by Gasteiger charge is -2.26. The molecular weight excluding hydrogens is 416 g/mol. The van der Waals surface area contributed by atoms with Gasteiger partial charge in [0, 0.05) is 23.1 Å². The Hall–Kier alpha value is -2.11. The molecule has 5 heteroatoms.